The molecule has 1 amide bonds. The molecular formula is C7H7IN2O. The highest BCUT2D eigenvalue weighted by Gasteiger charge is 1.98. The summed E-state index contributed by atoms with van der Waals surface area (Å²) in [5.41, 5.74) is 0.981. The third-order valence-electron chi connectivity index (χ3n) is 1.22. The molecule has 0 bridgehead atoms. The molecule has 58 valence electrons. The summed E-state index contributed by atoms with van der Waals surface area (Å²) in [5.74, 6) is 0.0109. The third kappa shape index (κ3) is 2.83. The first-order valence-corrected chi connectivity index (χ1v) is 4.19. The van der Waals surface area contributed by atoms with Crippen molar-refractivity contribution in [1.82, 2.24) is 8.51 Å². The van der Waals surface area contributed by atoms with E-state index < -0.39 is 0 Å². The first kappa shape index (κ1) is 8.45. The van der Waals surface area contributed by atoms with Crippen LogP contribution in [0.5, 0.6) is 0 Å². The Hall–Kier alpha value is -0.650. The van der Waals surface area contributed by atoms with Crippen LogP contribution in [0.3, 0.4) is 0 Å². The lowest BCUT2D eigenvalue weighted by Gasteiger charge is -1.96. The summed E-state index contributed by atoms with van der Waals surface area (Å²) in [6.07, 6.45) is 3.77. The molecule has 0 atom stereocenters. The Morgan fingerprint density at radius 3 is 2.73 bits per heavy atom. The smallest absolute Gasteiger partial charge is 0.233 e. The Kier molecular flexibility index (Phi) is 3.28. The van der Waals surface area contributed by atoms with Gasteiger partial charge in [0.15, 0.2) is 0 Å². The minimum absolute atomic E-state index is 0.0109. The van der Waals surface area contributed by atoms with Crippen LogP contribution in [-0.2, 0) is 11.2 Å². The van der Waals surface area contributed by atoms with Gasteiger partial charge in [-0.3, -0.25) is 13.3 Å². The van der Waals surface area contributed by atoms with Gasteiger partial charge in [0.25, 0.3) is 0 Å². The number of nitrogens with zero attached hydrogens (tertiary/aromatic N) is 1. The molecule has 0 fully saturated rings. The van der Waals surface area contributed by atoms with Crippen molar-refractivity contribution in [2.24, 2.45) is 0 Å². The van der Waals surface area contributed by atoms with Gasteiger partial charge in [-0.25, -0.2) is 0 Å². The van der Waals surface area contributed by atoms with E-state index in [2.05, 4.69) is 8.51 Å². The van der Waals surface area contributed by atoms with Crippen molar-refractivity contribution < 1.29 is 4.79 Å². The van der Waals surface area contributed by atoms with Crippen molar-refractivity contribution >= 4 is 28.8 Å². The van der Waals surface area contributed by atoms with E-state index in [-0.39, 0.29) is 5.91 Å². The van der Waals surface area contributed by atoms with Crippen molar-refractivity contribution in [3.8, 4) is 0 Å². The number of hydrogen-bond donors (Lipinski definition) is 1. The average molecular weight is 262 g/mol. The van der Waals surface area contributed by atoms with E-state index in [9.17, 15) is 4.79 Å². The largest absolute Gasteiger partial charge is 0.299 e. The Labute approximate surface area is 78.7 Å². The second-order valence-electron chi connectivity index (χ2n) is 2.05. The summed E-state index contributed by atoms with van der Waals surface area (Å²) < 4.78 is 2.52. The number of amides is 1. The Bertz CT molecular complexity index is 237. The summed E-state index contributed by atoms with van der Waals surface area (Å²) in [7, 11) is 0. The van der Waals surface area contributed by atoms with Gasteiger partial charge in [-0.1, -0.05) is 0 Å². The summed E-state index contributed by atoms with van der Waals surface area (Å²) in [5, 5.41) is 0. The topological polar surface area (TPSA) is 42.0 Å². The highest BCUT2D eigenvalue weighted by atomic mass is 127. The van der Waals surface area contributed by atoms with Gasteiger partial charge in [-0.2, -0.15) is 0 Å². The number of aromatic nitrogens is 1. The van der Waals surface area contributed by atoms with Gasteiger partial charge in [-0.05, 0) is 17.7 Å². The fraction of sp³-hybridized carbons (Fsp3) is 0.143. The Morgan fingerprint density at radius 1 is 1.55 bits per heavy atom. The van der Waals surface area contributed by atoms with E-state index in [0.717, 1.165) is 5.56 Å². The van der Waals surface area contributed by atoms with Crippen LogP contribution in [-0.4, -0.2) is 10.9 Å². The van der Waals surface area contributed by atoms with Crippen LogP contribution < -0.4 is 3.53 Å². The second-order valence-corrected chi connectivity index (χ2v) is 2.59. The molecule has 0 radical (unpaired) electrons. The van der Waals surface area contributed by atoms with Crippen LogP contribution >= 0.6 is 22.9 Å². The summed E-state index contributed by atoms with van der Waals surface area (Å²) in [4.78, 5) is 14.7. The molecule has 0 aromatic carbocycles. The molecule has 0 spiro atoms. The molecule has 0 aliphatic carbocycles. The van der Waals surface area contributed by atoms with Crippen molar-refractivity contribution in [2.75, 3.05) is 0 Å². The Morgan fingerprint density at radius 2 is 2.18 bits per heavy atom. The highest BCUT2D eigenvalue weighted by molar-refractivity contribution is 14.1. The lowest BCUT2D eigenvalue weighted by molar-refractivity contribution is -0.118. The number of rotatable bonds is 2. The van der Waals surface area contributed by atoms with E-state index in [1.54, 1.807) is 12.4 Å². The van der Waals surface area contributed by atoms with E-state index >= 15 is 0 Å². The van der Waals surface area contributed by atoms with Gasteiger partial charge in [-0.15, -0.1) is 0 Å². The highest BCUT2D eigenvalue weighted by Crippen LogP contribution is 1.97. The maximum Gasteiger partial charge on any atom is 0.233 e. The predicted octanol–water partition coefficient (Wildman–Crippen LogP) is 1.09. The van der Waals surface area contributed by atoms with E-state index in [4.69, 9.17) is 0 Å². The van der Waals surface area contributed by atoms with Gasteiger partial charge in [0.1, 0.15) is 0 Å². The molecular weight excluding hydrogens is 255 g/mol. The molecule has 1 aromatic heterocycles. The van der Waals surface area contributed by atoms with Crippen molar-refractivity contribution in [2.45, 2.75) is 6.42 Å². The van der Waals surface area contributed by atoms with Crippen molar-refractivity contribution in [3.05, 3.63) is 30.1 Å². The summed E-state index contributed by atoms with van der Waals surface area (Å²) in [6.45, 7) is 0. The van der Waals surface area contributed by atoms with Crippen LogP contribution in [0, 0.1) is 0 Å². The number of hydrogen-bond acceptors (Lipinski definition) is 2. The number of pyridine rings is 1. The van der Waals surface area contributed by atoms with Crippen molar-refractivity contribution in [1.29, 1.82) is 0 Å². The molecule has 3 nitrogen and oxygen atoms in total. The molecule has 0 aliphatic rings. The van der Waals surface area contributed by atoms with Crippen LogP contribution in [0.15, 0.2) is 24.5 Å². The quantitative estimate of drug-likeness (QED) is 0.640. The molecule has 0 unspecified atom stereocenters. The van der Waals surface area contributed by atoms with Crippen LogP contribution in [0.1, 0.15) is 5.56 Å². The summed E-state index contributed by atoms with van der Waals surface area (Å²) >= 11 is 1.83. The first-order chi connectivity index (χ1) is 5.33. The number of carbonyl (C=O) groups is 1. The van der Waals surface area contributed by atoms with E-state index in [0.29, 0.717) is 6.42 Å². The fourth-order valence-electron chi connectivity index (χ4n) is 0.719. The number of nitrogens with one attached hydrogen (secondary N) is 1. The fourth-order valence-corrected chi connectivity index (χ4v) is 0.910. The summed E-state index contributed by atoms with van der Waals surface area (Å²) in [6, 6.07) is 3.65. The molecule has 0 saturated heterocycles. The van der Waals surface area contributed by atoms with Crippen LogP contribution in [0.4, 0.5) is 0 Å². The number of halogens is 1. The molecule has 1 rings (SSSR count). The molecule has 11 heavy (non-hydrogen) atoms. The maximum atomic E-state index is 10.8. The van der Waals surface area contributed by atoms with Crippen LogP contribution in [0.2, 0.25) is 0 Å². The molecule has 1 N–H and O–H groups in total. The molecule has 0 aliphatic heterocycles. The minimum atomic E-state index is 0.0109. The second kappa shape index (κ2) is 4.27. The van der Waals surface area contributed by atoms with Gasteiger partial charge in [0.05, 0.1) is 29.3 Å². The zero-order valence-corrected chi connectivity index (χ0v) is 7.91. The van der Waals surface area contributed by atoms with Gasteiger partial charge < -0.3 is 0 Å². The van der Waals surface area contributed by atoms with Gasteiger partial charge >= 0.3 is 0 Å². The number of carbonyl (C=O) groups excluding carboxylic acids is 1. The molecule has 1 heterocycles. The zero-order valence-electron chi connectivity index (χ0n) is 5.75. The van der Waals surface area contributed by atoms with E-state index in [1.807, 2.05) is 35.0 Å². The molecule has 0 saturated carbocycles. The third-order valence-corrected chi connectivity index (χ3v) is 1.82. The minimum Gasteiger partial charge on any atom is -0.299 e. The standard InChI is InChI=1S/C7H7IN2O/c8-10-7(11)5-6-1-3-9-4-2-6/h1-4H,5H2,(H,10,11). The normalized spacial score (nSPS) is 9.18. The molecule has 4 heteroatoms. The lowest BCUT2D eigenvalue weighted by Crippen LogP contribution is -2.14. The monoisotopic (exact) mass is 262 g/mol. The lowest BCUT2D eigenvalue weighted by atomic mass is 10.2. The zero-order chi connectivity index (χ0) is 8.10. The van der Waals surface area contributed by atoms with Crippen LogP contribution in [0.25, 0.3) is 0 Å². The van der Waals surface area contributed by atoms with Gasteiger partial charge in [0.2, 0.25) is 5.91 Å². The van der Waals surface area contributed by atoms with E-state index in [1.165, 1.54) is 0 Å². The first-order valence-electron chi connectivity index (χ1n) is 3.11. The predicted molar refractivity (Wildman–Crippen MR) is 50.1 cm³/mol. The maximum absolute atomic E-state index is 10.8. The molecule has 1 aromatic rings. The average Bonchev–Trinajstić information content (AvgIpc) is 2.06. The van der Waals surface area contributed by atoms with Crippen molar-refractivity contribution in [3.63, 3.8) is 0 Å². The SMILES string of the molecule is O=C(Cc1ccncc1)NI. The van der Waals surface area contributed by atoms with Gasteiger partial charge in [0, 0.05) is 12.4 Å². The Balaban J connectivity index is 2.58.